The summed E-state index contributed by atoms with van der Waals surface area (Å²) in [6, 6.07) is 5.51. The van der Waals surface area contributed by atoms with Crippen molar-refractivity contribution in [1.29, 1.82) is 0 Å². The lowest BCUT2D eigenvalue weighted by atomic mass is 10.2. The average Bonchev–Trinajstić information content (AvgIpc) is 3.19. The molecular weight excluding hydrogens is 553 g/mol. The fourth-order valence-electron chi connectivity index (χ4n) is 3.34. The van der Waals surface area contributed by atoms with Crippen molar-refractivity contribution >= 4 is 60.3 Å². The second-order valence-electron chi connectivity index (χ2n) is 9.13. The highest BCUT2D eigenvalue weighted by Gasteiger charge is 2.33. The van der Waals surface area contributed by atoms with E-state index in [0.29, 0.717) is 37.3 Å². The van der Waals surface area contributed by atoms with Crippen LogP contribution < -0.4 is 21.3 Å². The molecule has 220 valence electrons. The van der Waals surface area contributed by atoms with Crippen LogP contribution in [0.2, 0.25) is 0 Å². The molecule has 2 rings (SSSR count). The second kappa shape index (κ2) is 17.3. The lowest BCUT2D eigenvalue weighted by Crippen LogP contribution is -2.46. The molecule has 0 aliphatic carbocycles. The van der Waals surface area contributed by atoms with Gasteiger partial charge in [0.05, 0.1) is 12.5 Å². The van der Waals surface area contributed by atoms with E-state index in [1.807, 2.05) is 19.0 Å². The number of nitrogens with two attached hydrogens (primary N) is 1. The molecule has 1 aromatic rings. The SMILES string of the molecule is CC(C)OC(=O)CCNC(=O)N[C@H]1CCN(c2ccc(C(N)=NOC(=O)N(C)CCN(C)C)cc2)C1=O.Cl.Cl. The average molecular weight is 593 g/mol. The Labute approximate surface area is 241 Å². The number of nitrogens with one attached hydrogen (secondary N) is 2. The van der Waals surface area contributed by atoms with Crippen LogP contribution in [0.25, 0.3) is 0 Å². The molecular formula is C24H39Cl2N7O6. The number of esters is 1. The number of benzene rings is 1. The van der Waals surface area contributed by atoms with E-state index in [2.05, 4.69) is 15.8 Å². The number of carbonyl (C=O) groups is 4. The molecule has 4 amide bonds. The molecule has 1 atom stereocenters. The van der Waals surface area contributed by atoms with E-state index in [-0.39, 0.29) is 55.6 Å². The normalized spacial score (nSPS) is 14.8. The molecule has 1 saturated heterocycles. The molecule has 1 fully saturated rings. The number of amidine groups is 1. The van der Waals surface area contributed by atoms with Gasteiger partial charge in [-0.25, -0.2) is 9.59 Å². The molecule has 4 N–H and O–H groups in total. The Morgan fingerprint density at radius 2 is 1.77 bits per heavy atom. The van der Waals surface area contributed by atoms with Crippen LogP contribution in [-0.2, 0) is 19.2 Å². The highest BCUT2D eigenvalue weighted by molar-refractivity contribution is 6.02. The number of nitrogens with zero attached hydrogens (tertiary/aromatic N) is 4. The van der Waals surface area contributed by atoms with Gasteiger partial charge in [-0.05, 0) is 58.6 Å². The van der Waals surface area contributed by atoms with Crippen LogP contribution in [0.3, 0.4) is 0 Å². The third-order valence-electron chi connectivity index (χ3n) is 5.38. The smallest absolute Gasteiger partial charge is 0.435 e. The number of rotatable bonds is 11. The Kier molecular flexibility index (Phi) is 15.9. The zero-order valence-electron chi connectivity index (χ0n) is 22.8. The van der Waals surface area contributed by atoms with Gasteiger partial charge < -0.3 is 35.8 Å². The van der Waals surface area contributed by atoms with Crippen molar-refractivity contribution in [1.82, 2.24) is 20.4 Å². The standard InChI is InChI=1S/C24H37N7O6.2ClH/c1-16(2)36-20(32)10-12-26-23(34)27-19-11-13-31(22(19)33)18-8-6-17(7-9-18)21(25)28-37-24(35)30(5)15-14-29(3)4;;/h6-9,16,19H,10-15H2,1-5H3,(H2,25,28)(H2,26,27,34);2*1H/t19-;;/m0../s1. The third-order valence-corrected chi connectivity index (χ3v) is 5.38. The Morgan fingerprint density at radius 3 is 2.36 bits per heavy atom. The van der Waals surface area contributed by atoms with E-state index in [1.165, 1.54) is 4.90 Å². The Morgan fingerprint density at radius 1 is 1.13 bits per heavy atom. The van der Waals surface area contributed by atoms with Crippen molar-refractivity contribution in [2.75, 3.05) is 52.2 Å². The van der Waals surface area contributed by atoms with Crippen LogP contribution in [0.4, 0.5) is 15.3 Å². The van der Waals surface area contributed by atoms with Gasteiger partial charge in [0.1, 0.15) is 6.04 Å². The van der Waals surface area contributed by atoms with Crippen molar-refractivity contribution in [3.8, 4) is 0 Å². The second-order valence-corrected chi connectivity index (χ2v) is 9.13. The number of hydrogen-bond donors (Lipinski definition) is 3. The molecule has 13 nitrogen and oxygen atoms in total. The number of ether oxygens (including phenoxy) is 1. The first-order chi connectivity index (χ1) is 17.5. The van der Waals surface area contributed by atoms with Crippen LogP contribution in [0, 0.1) is 0 Å². The summed E-state index contributed by atoms with van der Waals surface area (Å²) < 4.78 is 5.01. The Hall–Kier alpha value is -3.29. The molecule has 0 radical (unpaired) electrons. The number of amides is 4. The molecule has 1 aromatic carbocycles. The number of urea groups is 1. The lowest BCUT2D eigenvalue weighted by molar-refractivity contribution is -0.147. The van der Waals surface area contributed by atoms with Crippen LogP contribution in [0.1, 0.15) is 32.3 Å². The minimum atomic E-state index is -0.683. The van der Waals surface area contributed by atoms with Crippen molar-refractivity contribution in [3.63, 3.8) is 0 Å². The fourth-order valence-corrected chi connectivity index (χ4v) is 3.34. The number of oxime groups is 1. The van der Waals surface area contributed by atoms with Gasteiger partial charge in [-0.15, -0.1) is 24.8 Å². The molecule has 0 aromatic heterocycles. The van der Waals surface area contributed by atoms with Crippen LogP contribution in [0.5, 0.6) is 0 Å². The van der Waals surface area contributed by atoms with E-state index in [9.17, 15) is 19.2 Å². The van der Waals surface area contributed by atoms with Gasteiger partial charge in [0, 0.05) is 44.5 Å². The maximum atomic E-state index is 12.8. The van der Waals surface area contributed by atoms with Gasteiger partial charge in [0.25, 0.3) is 0 Å². The topological polar surface area (TPSA) is 159 Å². The predicted octanol–water partition coefficient (Wildman–Crippen LogP) is 1.53. The molecule has 1 aliphatic rings. The van der Waals surface area contributed by atoms with Gasteiger partial charge in [0.2, 0.25) is 5.91 Å². The van der Waals surface area contributed by atoms with Crippen molar-refractivity contribution < 1.29 is 28.8 Å². The lowest BCUT2D eigenvalue weighted by Gasteiger charge is -2.18. The Bertz CT molecular complexity index is 992. The summed E-state index contributed by atoms with van der Waals surface area (Å²) in [7, 11) is 5.41. The number of hydrogen-bond acceptors (Lipinski definition) is 8. The summed E-state index contributed by atoms with van der Waals surface area (Å²) in [6.45, 7) is 5.17. The van der Waals surface area contributed by atoms with Crippen molar-refractivity contribution in [2.45, 2.75) is 38.8 Å². The first-order valence-corrected chi connectivity index (χ1v) is 12.0. The first-order valence-electron chi connectivity index (χ1n) is 12.0. The van der Waals surface area contributed by atoms with E-state index in [4.69, 9.17) is 15.3 Å². The van der Waals surface area contributed by atoms with Crippen LogP contribution >= 0.6 is 24.8 Å². The summed E-state index contributed by atoms with van der Waals surface area (Å²) >= 11 is 0. The summed E-state index contributed by atoms with van der Waals surface area (Å²) in [5.74, 6) is -0.640. The summed E-state index contributed by atoms with van der Waals surface area (Å²) in [4.78, 5) is 58.3. The fraction of sp³-hybridized carbons (Fsp3) is 0.542. The van der Waals surface area contributed by atoms with Gasteiger partial charge in [0.15, 0.2) is 5.84 Å². The molecule has 15 heteroatoms. The largest absolute Gasteiger partial charge is 0.463 e. The van der Waals surface area contributed by atoms with Gasteiger partial charge >= 0.3 is 18.1 Å². The molecule has 1 heterocycles. The van der Waals surface area contributed by atoms with Crippen molar-refractivity contribution in [3.05, 3.63) is 29.8 Å². The Balaban J connectivity index is 0.00000722. The maximum Gasteiger partial charge on any atom is 0.435 e. The number of likely N-dealkylation sites (N-methyl/N-ethyl adjacent to an activating group) is 2. The van der Waals surface area contributed by atoms with Crippen LogP contribution in [0.15, 0.2) is 29.4 Å². The number of halogens is 2. The predicted molar refractivity (Wildman–Crippen MR) is 152 cm³/mol. The highest BCUT2D eigenvalue weighted by Crippen LogP contribution is 2.22. The molecule has 0 bridgehead atoms. The maximum absolute atomic E-state index is 12.8. The van der Waals surface area contributed by atoms with Gasteiger partial charge in [-0.3, -0.25) is 14.4 Å². The first kappa shape index (κ1) is 35.7. The van der Waals surface area contributed by atoms with E-state index in [1.54, 1.807) is 50.1 Å². The summed E-state index contributed by atoms with van der Waals surface area (Å²) in [5.41, 5.74) is 7.08. The highest BCUT2D eigenvalue weighted by atomic mass is 35.5. The third kappa shape index (κ3) is 12.0. The molecule has 0 saturated carbocycles. The minimum absolute atomic E-state index is 0. The van der Waals surface area contributed by atoms with E-state index >= 15 is 0 Å². The van der Waals surface area contributed by atoms with Gasteiger partial charge in [-0.1, -0.05) is 5.16 Å². The summed E-state index contributed by atoms with van der Waals surface area (Å²) in [5, 5.41) is 8.90. The molecule has 39 heavy (non-hydrogen) atoms. The molecule has 1 aliphatic heterocycles. The zero-order valence-corrected chi connectivity index (χ0v) is 24.5. The minimum Gasteiger partial charge on any atom is -0.463 e. The number of carbonyl (C=O) groups excluding carboxylic acids is 4. The monoisotopic (exact) mass is 591 g/mol. The van der Waals surface area contributed by atoms with E-state index in [0.717, 1.165) is 0 Å². The quantitative estimate of drug-likeness (QED) is 0.115. The number of anilines is 1. The molecule has 0 spiro atoms. The van der Waals surface area contributed by atoms with Gasteiger partial charge in [-0.2, -0.15) is 0 Å². The molecule has 0 unspecified atom stereocenters. The van der Waals surface area contributed by atoms with E-state index < -0.39 is 24.1 Å². The summed E-state index contributed by atoms with van der Waals surface area (Å²) in [6.07, 6.45) is -0.364. The zero-order chi connectivity index (χ0) is 27.5. The van der Waals surface area contributed by atoms with Crippen LogP contribution in [-0.4, -0.2) is 99.1 Å². The van der Waals surface area contributed by atoms with Crippen molar-refractivity contribution in [2.24, 2.45) is 10.9 Å².